The number of carbonyl (C=O) groups excluding carboxylic acids is 2. The molecule has 1 heterocycles. The Morgan fingerprint density at radius 1 is 1.40 bits per heavy atom. The zero-order chi connectivity index (χ0) is 11.6. The standard InChI is InChI=1S/C7H10F2NO4P/c1-7(8,9)4-14-15(13)10-5(11)2-3-6(10)12/h15H,2-4H2,1H3. The quantitative estimate of drug-likeness (QED) is 0.548. The van der Waals surface area contributed by atoms with E-state index in [-0.39, 0.29) is 12.8 Å². The lowest BCUT2D eigenvalue weighted by Gasteiger charge is -2.15. The Morgan fingerprint density at radius 3 is 2.27 bits per heavy atom. The van der Waals surface area contributed by atoms with Gasteiger partial charge in [0.2, 0.25) is 11.8 Å². The lowest BCUT2D eigenvalue weighted by Crippen LogP contribution is -2.24. The number of rotatable bonds is 4. The molecule has 1 aliphatic heterocycles. The van der Waals surface area contributed by atoms with E-state index in [1.165, 1.54) is 0 Å². The summed E-state index contributed by atoms with van der Waals surface area (Å²) in [4.78, 5) is 22.0. The number of nitrogens with zero attached hydrogens (tertiary/aromatic N) is 1. The van der Waals surface area contributed by atoms with Gasteiger partial charge in [-0.15, -0.1) is 0 Å². The predicted octanol–water partition coefficient (Wildman–Crippen LogP) is 1.20. The van der Waals surface area contributed by atoms with Crippen LogP contribution in [0.1, 0.15) is 19.8 Å². The van der Waals surface area contributed by atoms with E-state index < -0.39 is 32.5 Å². The van der Waals surface area contributed by atoms with E-state index in [1.807, 2.05) is 0 Å². The summed E-state index contributed by atoms with van der Waals surface area (Å²) in [5.74, 6) is -4.40. The Kier molecular flexibility index (Phi) is 3.57. The summed E-state index contributed by atoms with van der Waals surface area (Å²) >= 11 is 0. The highest BCUT2D eigenvalue weighted by Gasteiger charge is 2.35. The Labute approximate surface area is 85.3 Å². The van der Waals surface area contributed by atoms with Gasteiger partial charge in [0.15, 0.2) is 0 Å². The number of carbonyl (C=O) groups is 2. The van der Waals surface area contributed by atoms with Crippen LogP contribution in [0.25, 0.3) is 0 Å². The van der Waals surface area contributed by atoms with Crippen LogP contribution < -0.4 is 0 Å². The first-order valence-electron chi connectivity index (χ1n) is 4.21. The van der Waals surface area contributed by atoms with Gasteiger partial charge in [-0.25, -0.2) is 13.5 Å². The minimum atomic E-state index is -3.19. The van der Waals surface area contributed by atoms with Crippen LogP contribution in [0.3, 0.4) is 0 Å². The molecule has 5 nitrogen and oxygen atoms in total. The van der Waals surface area contributed by atoms with Crippen molar-refractivity contribution in [1.29, 1.82) is 0 Å². The van der Waals surface area contributed by atoms with Gasteiger partial charge in [-0.2, -0.15) is 0 Å². The Bertz CT molecular complexity index is 299. The van der Waals surface area contributed by atoms with Crippen molar-refractivity contribution < 1.29 is 27.5 Å². The van der Waals surface area contributed by atoms with Gasteiger partial charge in [0.1, 0.15) is 6.61 Å². The number of halogens is 2. The average Bonchev–Trinajstić information content (AvgIpc) is 2.41. The van der Waals surface area contributed by atoms with Gasteiger partial charge in [-0.1, -0.05) is 0 Å². The van der Waals surface area contributed by atoms with Crippen LogP contribution in [0, 0.1) is 0 Å². The molecule has 2 amide bonds. The molecule has 0 aliphatic carbocycles. The molecule has 1 saturated heterocycles. The second kappa shape index (κ2) is 4.37. The molecule has 86 valence electrons. The van der Waals surface area contributed by atoms with E-state index in [0.29, 0.717) is 11.6 Å². The van der Waals surface area contributed by atoms with Crippen molar-refractivity contribution in [2.24, 2.45) is 0 Å². The van der Waals surface area contributed by atoms with Crippen molar-refractivity contribution in [1.82, 2.24) is 4.67 Å². The molecular weight excluding hydrogens is 231 g/mol. The molecule has 0 radical (unpaired) electrons. The molecule has 0 saturated carbocycles. The fourth-order valence-electron chi connectivity index (χ4n) is 1.03. The summed E-state index contributed by atoms with van der Waals surface area (Å²) in [5, 5.41) is 0. The van der Waals surface area contributed by atoms with Crippen molar-refractivity contribution in [2.75, 3.05) is 6.61 Å². The Balaban J connectivity index is 2.54. The molecule has 1 aliphatic rings. The highest BCUT2D eigenvalue weighted by atomic mass is 31.1. The zero-order valence-corrected chi connectivity index (χ0v) is 8.96. The van der Waals surface area contributed by atoms with Crippen LogP contribution in [0.2, 0.25) is 0 Å². The predicted molar refractivity (Wildman–Crippen MR) is 46.7 cm³/mol. The van der Waals surface area contributed by atoms with E-state index in [4.69, 9.17) is 0 Å². The third kappa shape index (κ3) is 3.35. The molecular formula is C7H10F2NO4P. The summed E-state index contributed by atoms with van der Waals surface area (Å²) < 4.78 is 40.6. The van der Waals surface area contributed by atoms with Gasteiger partial charge >= 0.3 is 0 Å². The van der Waals surface area contributed by atoms with Gasteiger partial charge in [-0.05, 0) is 0 Å². The van der Waals surface area contributed by atoms with Crippen LogP contribution in [0.5, 0.6) is 0 Å². The molecule has 0 aromatic rings. The van der Waals surface area contributed by atoms with Gasteiger partial charge in [0, 0.05) is 19.8 Å². The van der Waals surface area contributed by atoms with Gasteiger partial charge < -0.3 is 4.52 Å². The molecule has 0 N–H and O–H groups in total. The number of alkyl halides is 2. The molecule has 1 atom stereocenters. The molecule has 1 unspecified atom stereocenters. The summed E-state index contributed by atoms with van der Waals surface area (Å²) in [6.07, 6.45) is -0.0811. The number of hydrogen-bond donors (Lipinski definition) is 0. The fraction of sp³-hybridized carbons (Fsp3) is 0.714. The second-order valence-corrected chi connectivity index (χ2v) is 4.52. The van der Waals surface area contributed by atoms with E-state index in [9.17, 15) is 22.9 Å². The summed E-state index contributed by atoms with van der Waals surface area (Å²) in [5.41, 5.74) is 0. The number of amides is 2. The second-order valence-electron chi connectivity index (χ2n) is 3.25. The normalized spacial score (nSPS) is 19.8. The smallest absolute Gasteiger partial charge is 0.293 e. The maximum absolute atomic E-state index is 12.3. The van der Waals surface area contributed by atoms with Gasteiger partial charge in [0.05, 0.1) is 0 Å². The van der Waals surface area contributed by atoms with Crippen LogP contribution in [0.4, 0.5) is 8.78 Å². The molecule has 0 spiro atoms. The van der Waals surface area contributed by atoms with E-state index >= 15 is 0 Å². The first kappa shape index (κ1) is 12.3. The van der Waals surface area contributed by atoms with E-state index in [1.54, 1.807) is 0 Å². The topological polar surface area (TPSA) is 63.7 Å². The average molecular weight is 241 g/mol. The van der Waals surface area contributed by atoms with E-state index in [2.05, 4.69) is 4.52 Å². The Morgan fingerprint density at radius 2 is 1.87 bits per heavy atom. The van der Waals surface area contributed by atoms with Crippen molar-refractivity contribution in [3.63, 3.8) is 0 Å². The van der Waals surface area contributed by atoms with Crippen LogP contribution >= 0.6 is 8.18 Å². The first-order chi connectivity index (χ1) is 6.81. The number of hydrogen-bond acceptors (Lipinski definition) is 4. The van der Waals surface area contributed by atoms with Crippen LogP contribution in [0.15, 0.2) is 0 Å². The summed E-state index contributed by atoms with van der Waals surface area (Å²) in [7, 11) is -3.19. The van der Waals surface area contributed by atoms with Crippen LogP contribution in [-0.2, 0) is 18.7 Å². The van der Waals surface area contributed by atoms with E-state index in [0.717, 1.165) is 0 Å². The van der Waals surface area contributed by atoms with Crippen molar-refractivity contribution in [2.45, 2.75) is 25.7 Å². The maximum Gasteiger partial charge on any atom is 0.293 e. The summed E-state index contributed by atoms with van der Waals surface area (Å²) in [6, 6.07) is 0. The summed E-state index contributed by atoms with van der Waals surface area (Å²) in [6.45, 7) is -0.475. The van der Waals surface area contributed by atoms with Crippen molar-refractivity contribution in [3.8, 4) is 0 Å². The SMILES string of the molecule is CC(F)(F)CO[PH](=O)N1C(=O)CCC1=O. The molecule has 0 bridgehead atoms. The minimum absolute atomic E-state index is 0.0406. The fourth-order valence-corrected chi connectivity index (χ4v) is 2.17. The highest BCUT2D eigenvalue weighted by molar-refractivity contribution is 7.38. The van der Waals surface area contributed by atoms with Gasteiger partial charge in [0.25, 0.3) is 14.1 Å². The molecule has 1 rings (SSSR count). The molecule has 1 fully saturated rings. The highest BCUT2D eigenvalue weighted by Crippen LogP contribution is 2.35. The van der Waals surface area contributed by atoms with Gasteiger partial charge in [-0.3, -0.25) is 14.2 Å². The molecule has 0 aromatic carbocycles. The van der Waals surface area contributed by atoms with Crippen molar-refractivity contribution >= 4 is 20.0 Å². The lowest BCUT2D eigenvalue weighted by molar-refractivity contribution is -0.133. The molecule has 0 aromatic heterocycles. The first-order valence-corrected chi connectivity index (χ1v) is 5.48. The third-order valence-corrected chi connectivity index (χ3v) is 2.94. The maximum atomic E-state index is 12.3. The lowest BCUT2D eigenvalue weighted by atomic mass is 10.4. The van der Waals surface area contributed by atoms with Crippen molar-refractivity contribution in [3.05, 3.63) is 0 Å². The molecule has 15 heavy (non-hydrogen) atoms. The molecule has 8 heteroatoms. The Hall–Kier alpha value is -0.810. The zero-order valence-electron chi connectivity index (χ0n) is 7.96. The van der Waals surface area contributed by atoms with Crippen LogP contribution in [-0.4, -0.2) is 29.0 Å². The largest absolute Gasteiger partial charge is 0.309 e. The monoisotopic (exact) mass is 241 g/mol. The minimum Gasteiger partial charge on any atom is -0.309 e. The number of imide groups is 1. The third-order valence-electron chi connectivity index (χ3n) is 1.68.